The molecule has 0 saturated heterocycles. The summed E-state index contributed by atoms with van der Waals surface area (Å²) in [5.41, 5.74) is 3.12. The van der Waals surface area contributed by atoms with Crippen LogP contribution >= 0.6 is 0 Å². The van der Waals surface area contributed by atoms with Gasteiger partial charge in [0, 0.05) is 13.6 Å². The molecule has 1 atom stereocenters. The first-order valence-corrected chi connectivity index (χ1v) is 9.19. The van der Waals surface area contributed by atoms with Crippen LogP contribution in [0.5, 0.6) is 11.5 Å². The molecule has 2 aromatic rings. The number of hydrogen-bond donors (Lipinski definition) is 1. The number of nitrogens with one attached hydrogen (secondary N) is 1. The number of benzene rings is 2. The molecule has 2 rings (SSSR count). The zero-order valence-corrected chi connectivity index (χ0v) is 17.1. The normalized spacial score (nSPS) is 11.5. The van der Waals surface area contributed by atoms with Crippen LogP contribution in [0.2, 0.25) is 0 Å². The highest BCUT2D eigenvalue weighted by atomic mass is 16.5. The van der Waals surface area contributed by atoms with Crippen molar-refractivity contribution in [2.45, 2.75) is 33.4 Å². The van der Waals surface area contributed by atoms with Crippen LogP contribution in [0.3, 0.4) is 0 Å². The van der Waals surface area contributed by atoms with E-state index in [0.717, 1.165) is 16.7 Å². The van der Waals surface area contributed by atoms with Gasteiger partial charge in [-0.15, -0.1) is 0 Å². The maximum atomic E-state index is 12.9. The van der Waals surface area contributed by atoms with E-state index < -0.39 is 6.04 Å². The predicted molar refractivity (Wildman–Crippen MR) is 108 cm³/mol. The number of carbonyl (C=O) groups excluding carboxylic acids is 2. The van der Waals surface area contributed by atoms with Gasteiger partial charge in [-0.2, -0.15) is 0 Å². The molecule has 150 valence electrons. The van der Waals surface area contributed by atoms with Gasteiger partial charge in [0.1, 0.15) is 17.5 Å². The van der Waals surface area contributed by atoms with Gasteiger partial charge in [0.05, 0.1) is 7.11 Å². The van der Waals surface area contributed by atoms with Gasteiger partial charge in [0.15, 0.2) is 6.61 Å². The number of likely N-dealkylation sites (N-methyl/N-ethyl adjacent to an activating group) is 1. The Morgan fingerprint density at radius 1 is 1.07 bits per heavy atom. The molecule has 2 amide bonds. The third kappa shape index (κ3) is 5.49. The molecule has 0 unspecified atom stereocenters. The summed E-state index contributed by atoms with van der Waals surface area (Å²) in [6, 6.07) is 12.5. The minimum absolute atomic E-state index is 0.145. The van der Waals surface area contributed by atoms with Crippen molar-refractivity contribution < 1.29 is 19.1 Å². The molecule has 0 bridgehead atoms. The molecule has 0 radical (unpaired) electrons. The molecule has 0 aliphatic rings. The lowest BCUT2D eigenvalue weighted by Crippen LogP contribution is -2.48. The van der Waals surface area contributed by atoms with Gasteiger partial charge in [-0.25, -0.2) is 0 Å². The Morgan fingerprint density at radius 2 is 1.82 bits per heavy atom. The number of nitrogens with zero attached hydrogens (tertiary/aromatic N) is 1. The Bertz CT molecular complexity index is 835. The van der Waals surface area contributed by atoms with Gasteiger partial charge in [0.25, 0.3) is 5.91 Å². The molecule has 0 heterocycles. The Morgan fingerprint density at radius 3 is 2.46 bits per heavy atom. The number of carbonyl (C=O) groups is 2. The van der Waals surface area contributed by atoms with Crippen molar-refractivity contribution in [3.05, 3.63) is 59.2 Å². The molecule has 0 aliphatic carbocycles. The molecule has 0 aromatic heterocycles. The molecular weight excluding hydrogens is 356 g/mol. The first-order valence-electron chi connectivity index (χ1n) is 9.19. The first-order chi connectivity index (χ1) is 13.3. The third-order valence-corrected chi connectivity index (χ3v) is 4.74. The summed E-state index contributed by atoms with van der Waals surface area (Å²) >= 11 is 0. The first kappa shape index (κ1) is 21.3. The number of aryl methyl sites for hydroxylation is 2. The predicted octanol–water partition coefficient (Wildman–Crippen LogP) is 2.85. The zero-order valence-electron chi connectivity index (χ0n) is 17.1. The van der Waals surface area contributed by atoms with Crippen molar-refractivity contribution in [1.29, 1.82) is 0 Å². The van der Waals surface area contributed by atoms with E-state index in [0.29, 0.717) is 11.5 Å². The summed E-state index contributed by atoms with van der Waals surface area (Å²) in [6.07, 6.45) is 0. The summed E-state index contributed by atoms with van der Waals surface area (Å²) in [4.78, 5) is 26.5. The van der Waals surface area contributed by atoms with Crippen LogP contribution in [-0.2, 0) is 16.1 Å². The monoisotopic (exact) mass is 384 g/mol. The number of hydrogen-bond acceptors (Lipinski definition) is 4. The second kappa shape index (κ2) is 9.78. The lowest BCUT2D eigenvalue weighted by atomic mass is 10.1. The molecular formula is C22H28N2O4. The highest BCUT2D eigenvalue weighted by Gasteiger charge is 2.26. The minimum atomic E-state index is -0.632. The van der Waals surface area contributed by atoms with Crippen LogP contribution in [-0.4, -0.2) is 43.5 Å². The molecule has 6 nitrogen and oxygen atoms in total. The van der Waals surface area contributed by atoms with E-state index in [1.54, 1.807) is 21.1 Å². The maximum Gasteiger partial charge on any atom is 0.261 e. The summed E-state index contributed by atoms with van der Waals surface area (Å²) in [5.74, 6) is 0.828. The number of ether oxygens (including phenoxy) is 2. The molecule has 0 aliphatic heterocycles. The minimum Gasteiger partial charge on any atom is -0.497 e. The average molecular weight is 384 g/mol. The van der Waals surface area contributed by atoms with Gasteiger partial charge in [-0.3, -0.25) is 9.59 Å². The Hall–Kier alpha value is -3.02. The number of amides is 2. The molecule has 28 heavy (non-hydrogen) atoms. The highest BCUT2D eigenvalue weighted by Crippen LogP contribution is 2.18. The van der Waals surface area contributed by atoms with E-state index in [4.69, 9.17) is 9.47 Å². The Kier molecular flexibility index (Phi) is 7.44. The zero-order chi connectivity index (χ0) is 20.7. The number of rotatable bonds is 8. The van der Waals surface area contributed by atoms with Crippen molar-refractivity contribution in [3.63, 3.8) is 0 Å². The van der Waals surface area contributed by atoms with Crippen molar-refractivity contribution in [2.24, 2.45) is 0 Å². The standard InChI is InChI=1S/C22H28N2O4/c1-15-9-10-20(11-16(15)2)28-14-21(25)24(17(3)22(26)23-4)13-18-7-6-8-19(12-18)27-5/h6-12,17H,13-14H2,1-5H3,(H,23,26)/t17-/m0/s1. The Balaban J connectivity index is 2.15. The van der Waals surface area contributed by atoms with Gasteiger partial charge in [0.2, 0.25) is 5.91 Å². The Labute approximate surface area is 166 Å². The highest BCUT2D eigenvalue weighted by molar-refractivity contribution is 5.87. The van der Waals surface area contributed by atoms with Crippen LogP contribution in [0, 0.1) is 13.8 Å². The fourth-order valence-corrected chi connectivity index (χ4v) is 2.79. The van der Waals surface area contributed by atoms with Crippen LogP contribution in [0.1, 0.15) is 23.6 Å². The molecule has 0 saturated carbocycles. The molecule has 6 heteroatoms. The lowest BCUT2D eigenvalue weighted by molar-refractivity contribution is -0.142. The van der Waals surface area contributed by atoms with Crippen LogP contribution < -0.4 is 14.8 Å². The quantitative estimate of drug-likeness (QED) is 0.760. The van der Waals surface area contributed by atoms with E-state index in [9.17, 15) is 9.59 Å². The summed E-state index contributed by atoms with van der Waals surface area (Å²) < 4.78 is 10.9. The molecule has 0 spiro atoms. The van der Waals surface area contributed by atoms with Gasteiger partial charge in [-0.1, -0.05) is 18.2 Å². The van der Waals surface area contributed by atoms with Crippen molar-refractivity contribution in [2.75, 3.05) is 20.8 Å². The largest absolute Gasteiger partial charge is 0.497 e. The molecule has 2 aromatic carbocycles. The lowest BCUT2D eigenvalue weighted by Gasteiger charge is -2.28. The topological polar surface area (TPSA) is 67.9 Å². The average Bonchev–Trinajstić information content (AvgIpc) is 2.71. The van der Waals surface area contributed by atoms with Gasteiger partial charge in [-0.05, 0) is 61.7 Å². The number of methoxy groups -OCH3 is 1. The van der Waals surface area contributed by atoms with Crippen molar-refractivity contribution in [3.8, 4) is 11.5 Å². The van der Waals surface area contributed by atoms with Gasteiger partial charge >= 0.3 is 0 Å². The van der Waals surface area contributed by atoms with Crippen molar-refractivity contribution >= 4 is 11.8 Å². The fourth-order valence-electron chi connectivity index (χ4n) is 2.79. The van der Waals surface area contributed by atoms with Crippen LogP contribution in [0.25, 0.3) is 0 Å². The van der Waals surface area contributed by atoms with E-state index in [1.165, 1.54) is 4.90 Å². The molecule has 1 N–H and O–H groups in total. The smallest absolute Gasteiger partial charge is 0.261 e. The van der Waals surface area contributed by atoms with Crippen LogP contribution in [0.15, 0.2) is 42.5 Å². The third-order valence-electron chi connectivity index (χ3n) is 4.74. The van der Waals surface area contributed by atoms with Gasteiger partial charge < -0.3 is 19.7 Å². The summed E-state index contributed by atoms with van der Waals surface area (Å²) in [7, 11) is 3.14. The van der Waals surface area contributed by atoms with E-state index in [1.807, 2.05) is 56.3 Å². The summed E-state index contributed by atoms with van der Waals surface area (Å²) in [6.45, 7) is 5.85. The van der Waals surface area contributed by atoms with Crippen molar-refractivity contribution in [1.82, 2.24) is 10.2 Å². The maximum absolute atomic E-state index is 12.9. The molecule has 0 fully saturated rings. The van der Waals surface area contributed by atoms with E-state index >= 15 is 0 Å². The van der Waals surface area contributed by atoms with E-state index in [-0.39, 0.29) is 25.0 Å². The summed E-state index contributed by atoms with van der Waals surface area (Å²) in [5, 5.41) is 2.60. The van der Waals surface area contributed by atoms with E-state index in [2.05, 4.69) is 5.32 Å². The second-order valence-corrected chi connectivity index (χ2v) is 6.70. The second-order valence-electron chi connectivity index (χ2n) is 6.70. The van der Waals surface area contributed by atoms with Crippen LogP contribution in [0.4, 0.5) is 0 Å². The SMILES string of the molecule is CNC(=O)[C@H](C)N(Cc1cccc(OC)c1)C(=O)COc1ccc(C)c(C)c1. The fraction of sp³-hybridized carbons (Fsp3) is 0.364.